The third kappa shape index (κ3) is 3.61. The van der Waals surface area contributed by atoms with Crippen LogP contribution in [0.4, 0.5) is 0 Å². The number of para-hydroxylation sites is 2. The average molecular weight is 413 g/mol. The van der Waals surface area contributed by atoms with Crippen LogP contribution < -0.4 is 10.1 Å². The van der Waals surface area contributed by atoms with Crippen LogP contribution >= 0.6 is 0 Å². The normalized spacial score (nSPS) is 17.8. The van der Waals surface area contributed by atoms with E-state index in [4.69, 9.17) is 4.74 Å². The van der Waals surface area contributed by atoms with Crippen LogP contribution in [-0.2, 0) is 10.2 Å². The van der Waals surface area contributed by atoms with Gasteiger partial charge in [-0.25, -0.2) is 0 Å². The molecule has 0 aliphatic carbocycles. The zero-order valence-corrected chi connectivity index (χ0v) is 17.9. The summed E-state index contributed by atoms with van der Waals surface area (Å²) < 4.78 is 6.13. The van der Waals surface area contributed by atoms with Gasteiger partial charge in [-0.3, -0.25) is 4.79 Å². The van der Waals surface area contributed by atoms with E-state index in [-0.39, 0.29) is 11.9 Å². The van der Waals surface area contributed by atoms with E-state index in [1.165, 1.54) is 12.8 Å². The van der Waals surface area contributed by atoms with Gasteiger partial charge in [0, 0.05) is 17.7 Å². The molecule has 3 aromatic carbocycles. The van der Waals surface area contributed by atoms with Crippen molar-refractivity contribution >= 4 is 5.91 Å². The summed E-state index contributed by atoms with van der Waals surface area (Å²) in [6.45, 7) is 5.03. The molecule has 2 aliphatic rings. The van der Waals surface area contributed by atoms with Crippen molar-refractivity contribution in [2.75, 3.05) is 19.6 Å². The van der Waals surface area contributed by atoms with Gasteiger partial charge in [0.15, 0.2) is 0 Å². The van der Waals surface area contributed by atoms with E-state index in [0.717, 1.165) is 47.8 Å². The van der Waals surface area contributed by atoms with Crippen LogP contribution in [0.1, 0.15) is 42.5 Å². The predicted molar refractivity (Wildman–Crippen MR) is 122 cm³/mol. The first-order valence-electron chi connectivity index (χ1n) is 11.1. The Bertz CT molecular complexity index is 1030. The number of carbonyl (C=O) groups excluding carboxylic acids is 1. The monoisotopic (exact) mass is 412 g/mol. The van der Waals surface area contributed by atoms with E-state index >= 15 is 0 Å². The number of hydrogen-bond donors (Lipinski definition) is 1. The van der Waals surface area contributed by atoms with Crippen molar-refractivity contribution in [3.63, 3.8) is 0 Å². The fourth-order valence-corrected chi connectivity index (χ4v) is 4.89. The number of carbonyl (C=O) groups is 1. The van der Waals surface area contributed by atoms with Gasteiger partial charge < -0.3 is 15.0 Å². The zero-order chi connectivity index (χ0) is 21.3. The number of rotatable bonds is 5. The third-order valence-electron chi connectivity index (χ3n) is 6.67. The number of likely N-dealkylation sites (tertiary alicyclic amines) is 1. The highest BCUT2D eigenvalue weighted by Gasteiger charge is 2.45. The quantitative estimate of drug-likeness (QED) is 0.637. The van der Waals surface area contributed by atoms with Gasteiger partial charge in [0.1, 0.15) is 16.9 Å². The molecule has 1 fully saturated rings. The number of nitrogens with one attached hydrogen (secondary N) is 1. The van der Waals surface area contributed by atoms with Gasteiger partial charge in [0.05, 0.1) is 6.04 Å². The second kappa shape index (κ2) is 8.20. The number of nitrogens with zero attached hydrogens (tertiary/aromatic N) is 1. The second-order valence-corrected chi connectivity index (χ2v) is 8.66. The lowest BCUT2D eigenvalue weighted by Gasteiger charge is -2.37. The van der Waals surface area contributed by atoms with E-state index < -0.39 is 5.41 Å². The summed E-state index contributed by atoms with van der Waals surface area (Å²) in [4.78, 5) is 16.5. The lowest BCUT2D eigenvalue weighted by Crippen LogP contribution is -2.48. The molecule has 0 bridgehead atoms. The summed E-state index contributed by atoms with van der Waals surface area (Å²) in [6.07, 6.45) is 2.45. The Morgan fingerprint density at radius 2 is 1.45 bits per heavy atom. The molecule has 1 atom stereocenters. The molecule has 0 saturated carbocycles. The van der Waals surface area contributed by atoms with E-state index in [1.54, 1.807) is 0 Å². The molecule has 2 aliphatic heterocycles. The predicted octanol–water partition coefficient (Wildman–Crippen LogP) is 5.05. The largest absolute Gasteiger partial charge is 0.457 e. The summed E-state index contributed by atoms with van der Waals surface area (Å²) in [5.74, 6) is 1.49. The molecule has 31 heavy (non-hydrogen) atoms. The molecule has 0 spiro atoms. The molecule has 2 heterocycles. The van der Waals surface area contributed by atoms with E-state index in [9.17, 15) is 4.79 Å². The average Bonchev–Trinajstić information content (AvgIpc) is 3.32. The first-order chi connectivity index (χ1) is 15.2. The molecule has 1 amide bonds. The fraction of sp³-hybridized carbons (Fsp3) is 0.296. The molecular weight excluding hydrogens is 384 g/mol. The lowest BCUT2D eigenvalue weighted by atomic mass is 9.73. The summed E-state index contributed by atoms with van der Waals surface area (Å²) in [5, 5.41) is 3.42. The molecule has 1 saturated heterocycles. The topological polar surface area (TPSA) is 41.6 Å². The highest BCUT2D eigenvalue weighted by Crippen LogP contribution is 2.48. The van der Waals surface area contributed by atoms with Crippen molar-refractivity contribution in [1.82, 2.24) is 10.2 Å². The molecule has 158 valence electrons. The maximum Gasteiger partial charge on any atom is 0.235 e. The number of hydrogen-bond acceptors (Lipinski definition) is 3. The molecule has 0 radical (unpaired) electrons. The minimum absolute atomic E-state index is 0.00347. The van der Waals surface area contributed by atoms with Crippen molar-refractivity contribution in [2.24, 2.45) is 0 Å². The van der Waals surface area contributed by atoms with Gasteiger partial charge in [-0.05, 0) is 50.6 Å². The Balaban J connectivity index is 1.52. The summed E-state index contributed by atoms with van der Waals surface area (Å²) in [6, 6.07) is 26.0. The van der Waals surface area contributed by atoms with Crippen LogP contribution in [0.25, 0.3) is 0 Å². The maximum absolute atomic E-state index is 14.0. The maximum atomic E-state index is 14.0. The van der Waals surface area contributed by atoms with Gasteiger partial charge in [0.25, 0.3) is 0 Å². The Hall–Kier alpha value is -3.11. The summed E-state index contributed by atoms with van der Waals surface area (Å²) in [7, 11) is 0. The highest BCUT2D eigenvalue weighted by atomic mass is 16.5. The smallest absolute Gasteiger partial charge is 0.235 e. The van der Waals surface area contributed by atoms with Crippen molar-refractivity contribution in [3.05, 3.63) is 95.6 Å². The molecule has 5 rings (SSSR count). The molecule has 0 aromatic heterocycles. The Morgan fingerprint density at radius 3 is 2.06 bits per heavy atom. The molecule has 4 heteroatoms. The first-order valence-corrected chi connectivity index (χ1v) is 11.1. The van der Waals surface area contributed by atoms with Crippen LogP contribution in [0.5, 0.6) is 11.5 Å². The van der Waals surface area contributed by atoms with Crippen molar-refractivity contribution < 1.29 is 9.53 Å². The SMILES string of the molecule is CC1(C(=O)N[C@H](CN2CCCC2)c2ccccc2)c2ccccc2Oc2ccccc21. The minimum Gasteiger partial charge on any atom is -0.457 e. The van der Waals surface area contributed by atoms with Crippen molar-refractivity contribution in [2.45, 2.75) is 31.2 Å². The van der Waals surface area contributed by atoms with Crippen LogP contribution in [-0.4, -0.2) is 30.4 Å². The van der Waals surface area contributed by atoms with E-state index in [2.05, 4.69) is 22.3 Å². The highest BCUT2D eigenvalue weighted by molar-refractivity contribution is 5.94. The van der Waals surface area contributed by atoms with Crippen LogP contribution in [0.15, 0.2) is 78.9 Å². The van der Waals surface area contributed by atoms with Gasteiger partial charge in [-0.1, -0.05) is 66.7 Å². The number of amides is 1. The number of ether oxygens (including phenoxy) is 1. The Labute approximate surface area is 183 Å². The standard InChI is InChI=1S/C27H28N2O2/c1-27(21-13-5-7-15-24(21)31-25-16-8-6-14-22(25)27)26(30)28-23(19-29-17-9-10-18-29)20-11-3-2-4-12-20/h2-8,11-16,23H,9-10,17-19H2,1H3,(H,28,30)/t23-/m1/s1. The second-order valence-electron chi connectivity index (χ2n) is 8.66. The molecule has 3 aromatic rings. The molecular formula is C27H28N2O2. The minimum atomic E-state index is -0.830. The van der Waals surface area contributed by atoms with E-state index in [1.807, 2.05) is 73.7 Å². The van der Waals surface area contributed by atoms with E-state index in [0.29, 0.717) is 0 Å². The third-order valence-corrected chi connectivity index (χ3v) is 6.67. The van der Waals surface area contributed by atoms with Crippen molar-refractivity contribution in [3.8, 4) is 11.5 Å². The summed E-state index contributed by atoms with van der Waals surface area (Å²) >= 11 is 0. The van der Waals surface area contributed by atoms with Gasteiger partial charge >= 0.3 is 0 Å². The van der Waals surface area contributed by atoms with Gasteiger partial charge in [-0.15, -0.1) is 0 Å². The number of benzene rings is 3. The zero-order valence-electron chi connectivity index (χ0n) is 17.9. The van der Waals surface area contributed by atoms with Crippen LogP contribution in [0.2, 0.25) is 0 Å². The van der Waals surface area contributed by atoms with Crippen LogP contribution in [0, 0.1) is 0 Å². The number of fused-ring (bicyclic) bond motifs is 2. The summed E-state index contributed by atoms with van der Waals surface area (Å²) in [5.41, 5.74) is 2.11. The molecule has 1 N–H and O–H groups in total. The lowest BCUT2D eigenvalue weighted by molar-refractivity contribution is -0.126. The van der Waals surface area contributed by atoms with Gasteiger partial charge in [0.2, 0.25) is 5.91 Å². The molecule has 4 nitrogen and oxygen atoms in total. The van der Waals surface area contributed by atoms with Crippen LogP contribution in [0.3, 0.4) is 0 Å². The van der Waals surface area contributed by atoms with Crippen molar-refractivity contribution in [1.29, 1.82) is 0 Å². The first kappa shape index (κ1) is 19.8. The Morgan fingerprint density at radius 1 is 0.903 bits per heavy atom. The Kier molecular flexibility index (Phi) is 5.24. The fourth-order valence-electron chi connectivity index (χ4n) is 4.89. The molecule has 0 unspecified atom stereocenters. The van der Waals surface area contributed by atoms with Gasteiger partial charge in [-0.2, -0.15) is 0 Å².